The van der Waals surface area contributed by atoms with Gasteiger partial charge in [0.15, 0.2) is 0 Å². The minimum atomic E-state index is 0.287. The Hall–Kier alpha value is -0.0900. The molecule has 2 heterocycles. The fourth-order valence-corrected chi connectivity index (χ4v) is 3.41. The molecule has 0 aromatic carbocycles. The van der Waals surface area contributed by atoms with E-state index in [0.717, 1.165) is 23.9 Å². The quantitative estimate of drug-likeness (QED) is 0.894. The molecule has 0 bridgehead atoms. The molecule has 1 aliphatic heterocycles. The van der Waals surface area contributed by atoms with Crippen molar-refractivity contribution in [2.45, 2.75) is 32.4 Å². The highest BCUT2D eigenvalue weighted by atomic mass is 35.5. The second-order valence-electron chi connectivity index (χ2n) is 4.28. The Bertz CT molecular complexity index is 342. The molecule has 1 saturated heterocycles. The number of rotatable bonds is 4. The molecule has 1 N–H and O–H groups in total. The van der Waals surface area contributed by atoms with Crippen LogP contribution in [0.3, 0.4) is 0 Å². The summed E-state index contributed by atoms with van der Waals surface area (Å²) in [6.07, 6.45) is 1.45. The Morgan fingerprint density at radius 3 is 2.94 bits per heavy atom. The molecule has 3 atom stereocenters. The molecule has 90 valence electrons. The first kappa shape index (κ1) is 12.4. The summed E-state index contributed by atoms with van der Waals surface area (Å²) in [5.74, 6) is 0.616. The van der Waals surface area contributed by atoms with E-state index in [1.54, 1.807) is 11.3 Å². The van der Waals surface area contributed by atoms with Crippen molar-refractivity contribution in [1.82, 2.24) is 5.32 Å². The highest BCUT2D eigenvalue weighted by Crippen LogP contribution is 2.35. The number of hydrogen-bond donors (Lipinski definition) is 1. The van der Waals surface area contributed by atoms with Crippen molar-refractivity contribution < 1.29 is 4.74 Å². The molecule has 2 rings (SSSR count). The van der Waals surface area contributed by atoms with Gasteiger partial charge in [-0.2, -0.15) is 0 Å². The van der Waals surface area contributed by atoms with Crippen LogP contribution in [0.15, 0.2) is 12.1 Å². The van der Waals surface area contributed by atoms with Crippen LogP contribution >= 0.6 is 22.9 Å². The van der Waals surface area contributed by atoms with E-state index in [0.29, 0.717) is 12.0 Å². The van der Waals surface area contributed by atoms with Crippen molar-refractivity contribution in [3.05, 3.63) is 21.3 Å². The fraction of sp³-hybridized carbons (Fsp3) is 0.667. The summed E-state index contributed by atoms with van der Waals surface area (Å²) in [6.45, 7) is 6.22. The number of likely N-dealkylation sites (N-methyl/N-ethyl adjacent to an activating group) is 1. The van der Waals surface area contributed by atoms with Crippen molar-refractivity contribution in [3.8, 4) is 0 Å². The molecule has 2 nitrogen and oxygen atoms in total. The Kier molecular flexibility index (Phi) is 4.25. The Balaban J connectivity index is 2.16. The second-order valence-corrected chi connectivity index (χ2v) is 6.03. The molecule has 1 fully saturated rings. The van der Waals surface area contributed by atoms with Crippen molar-refractivity contribution in [2.75, 3.05) is 13.2 Å². The Morgan fingerprint density at radius 1 is 1.62 bits per heavy atom. The minimum Gasteiger partial charge on any atom is -0.376 e. The third kappa shape index (κ3) is 2.59. The van der Waals surface area contributed by atoms with E-state index >= 15 is 0 Å². The summed E-state index contributed by atoms with van der Waals surface area (Å²) in [4.78, 5) is 1.28. The van der Waals surface area contributed by atoms with Gasteiger partial charge in [-0.25, -0.2) is 0 Å². The van der Waals surface area contributed by atoms with Gasteiger partial charge in [-0.15, -0.1) is 11.3 Å². The molecular weight excluding hydrogens is 242 g/mol. The van der Waals surface area contributed by atoms with E-state index < -0.39 is 0 Å². The van der Waals surface area contributed by atoms with Gasteiger partial charge in [0.1, 0.15) is 0 Å². The van der Waals surface area contributed by atoms with Crippen LogP contribution in [0.2, 0.25) is 4.34 Å². The predicted molar refractivity (Wildman–Crippen MR) is 69.3 cm³/mol. The normalized spacial score (nSPS) is 27.2. The summed E-state index contributed by atoms with van der Waals surface area (Å²) < 4.78 is 6.70. The van der Waals surface area contributed by atoms with Crippen molar-refractivity contribution >= 4 is 22.9 Å². The summed E-state index contributed by atoms with van der Waals surface area (Å²) in [6, 6.07) is 4.36. The lowest BCUT2D eigenvalue weighted by Gasteiger charge is -2.25. The van der Waals surface area contributed by atoms with E-state index in [1.807, 2.05) is 6.07 Å². The van der Waals surface area contributed by atoms with E-state index in [4.69, 9.17) is 16.3 Å². The SMILES string of the molecule is CCNC(c1ccc(Cl)s1)C1OCCC1C. The monoisotopic (exact) mass is 259 g/mol. The minimum absolute atomic E-state index is 0.287. The lowest BCUT2D eigenvalue weighted by molar-refractivity contribution is 0.0622. The van der Waals surface area contributed by atoms with Crippen molar-refractivity contribution in [1.29, 1.82) is 0 Å². The molecule has 0 aliphatic carbocycles. The Morgan fingerprint density at radius 2 is 2.44 bits per heavy atom. The first-order valence-corrected chi connectivity index (χ1v) is 7.02. The second kappa shape index (κ2) is 5.50. The first-order valence-electron chi connectivity index (χ1n) is 5.82. The lowest BCUT2D eigenvalue weighted by atomic mass is 9.96. The van der Waals surface area contributed by atoms with Crippen LogP contribution in [0, 0.1) is 5.92 Å². The van der Waals surface area contributed by atoms with Crippen LogP contribution in [-0.4, -0.2) is 19.3 Å². The molecule has 1 aromatic rings. The molecule has 4 heteroatoms. The van der Waals surface area contributed by atoms with Crippen LogP contribution in [0.5, 0.6) is 0 Å². The average Bonchev–Trinajstić information content (AvgIpc) is 2.84. The standard InChI is InChI=1S/C12H18ClNOS/c1-3-14-11(9-4-5-10(13)16-9)12-8(2)6-7-15-12/h4-5,8,11-12,14H,3,6-7H2,1-2H3. The zero-order valence-electron chi connectivity index (χ0n) is 9.70. The van der Waals surface area contributed by atoms with Gasteiger partial charge in [-0.3, -0.25) is 0 Å². The van der Waals surface area contributed by atoms with E-state index in [9.17, 15) is 0 Å². The van der Waals surface area contributed by atoms with Crippen LogP contribution in [0.25, 0.3) is 0 Å². The largest absolute Gasteiger partial charge is 0.376 e. The first-order chi connectivity index (χ1) is 7.72. The molecule has 3 unspecified atom stereocenters. The molecule has 1 aromatic heterocycles. The van der Waals surface area contributed by atoms with Crippen molar-refractivity contribution in [3.63, 3.8) is 0 Å². The van der Waals surface area contributed by atoms with Gasteiger partial charge in [0.25, 0.3) is 0 Å². The molecule has 0 amide bonds. The molecule has 16 heavy (non-hydrogen) atoms. The van der Waals surface area contributed by atoms with Gasteiger partial charge in [-0.1, -0.05) is 25.4 Å². The van der Waals surface area contributed by atoms with Crippen LogP contribution in [0.4, 0.5) is 0 Å². The number of ether oxygens (including phenoxy) is 1. The smallest absolute Gasteiger partial charge is 0.0931 e. The summed E-state index contributed by atoms with van der Waals surface area (Å²) in [5, 5.41) is 3.51. The van der Waals surface area contributed by atoms with E-state index in [2.05, 4.69) is 25.2 Å². The Labute approximate surface area is 106 Å². The number of thiophene rings is 1. The van der Waals surface area contributed by atoms with Gasteiger partial charge in [0.2, 0.25) is 0 Å². The van der Waals surface area contributed by atoms with Crippen molar-refractivity contribution in [2.24, 2.45) is 5.92 Å². The topological polar surface area (TPSA) is 21.3 Å². The predicted octanol–water partition coefficient (Wildman–Crippen LogP) is 3.48. The van der Waals surface area contributed by atoms with Gasteiger partial charge in [0, 0.05) is 11.5 Å². The van der Waals surface area contributed by atoms with Crippen LogP contribution < -0.4 is 5.32 Å². The third-order valence-electron chi connectivity index (χ3n) is 3.10. The van der Waals surface area contributed by atoms with E-state index in [-0.39, 0.29) is 6.10 Å². The van der Waals surface area contributed by atoms with Crippen LogP contribution in [-0.2, 0) is 4.74 Å². The van der Waals surface area contributed by atoms with Gasteiger partial charge < -0.3 is 10.1 Å². The summed E-state index contributed by atoms with van der Waals surface area (Å²) >= 11 is 7.65. The van der Waals surface area contributed by atoms with Gasteiger partial charge in [0.05, 0.1) is 16.5 Å². The molecule has 0 radical (unpaired) electrons. The highest BCUT2D eigenvalue weighted by Gasteiger charge is 2.33. The third-order valence-corrected chi connectivity index (χ3v) is 4.41. The average molecular weight is 260 g/mol. The highest BCUT2D eigenvalue weighted by molar-refractivity contribution is 7.16. The number of nitrogens with one attached hydrogen (secondary N) is 1. The van der Waals surface area contributed by atoms with Gasteiger partial charge >= 0.3 is 0 Å². The zero-order chi connectivity index (χ0) is 11.5. The van der Waals surface area contributed by atoms with E-state index in [1.165, 1.54) is 4.88 Å². The zero-order valence-corrected chi connectivity index (χ0v) is 11.3. The maximum Gasteiger partial charge on any atom is 0.0931 e. The number of halogens is 1. The molecule has 0 spiro atoms. The lowest BCUT2D eigenvalue weighted by Crippen LogP contribution is -2.34. The van der Waals surface area contributed by atoms with Gasteiger partial charge in [-0.05, 0) is 31.0 Å². The maximum absolute atomic E-state index is 6.00. The fourth-order valence-electron chi connectivity index (χ4n) is 2.24. The number of hydrogen-bond acceptors (Lipinski definition) is 3. The summed E-state index contributed by atoms with van der Waals surface area (Å²) in [7, 11) is 0. The summed E-state index contributed by atoms with van der Waals surface area (Å²) in [5.41, 5.74) is 0. The molecular formula is C12H18ClNOS. The molecule has 1 aliphatic rings. The molecule has 0 saturated carbocycles. The van der Waals surface area contributed by atoms with Crippen LogP contribution in [0.1, 0.15) is 31.2 Å². The maximum atomic E-state index is 6.00.